The Bertz CT molecular complexity index is 602. The molecule has 7 heteroatoms. The summed E-state index contributed by atoms with van der Waals surface area (Å²) >= 11 is 1.83. The van der Waals surface area contributed by atoms with Gasteiger partial charge in [-0.3, -0.25) is 14.1 Å². The van der Waals surface area contributed by atoms with Gasteiger partial charge in [0.05, 0.1) is 6.04 Å². The zero-order valence-corrected chi connectivity index (χ0v) is 19.1. The molecular formula is C20H36N4OS2. The second kappa shape index (κ2) is 10.6. The van der Waals surface area contributed by atoms with Gasteiger partial charge in [-0.25, -0.2) is 0 Å². The van der Waals surface area contributed by atoms with Gasteiger partial charge in [-0.2, -0.15) is 0 Å². The third kappa shape index (κ3) is 7.20. The number of piperidine rings is 1. The van der Waals surface area contributed by atoms with Gasteiger partial charge in [0, 0.05) is 46.3 Å². The summed E-state index contributed by atoms with van der Waals surface area (Å²) in [6.07, 6.45) is 2.54. The van der Waals surface area contributed by atoms with Crippen molar-refractivity contribution in [3.8, 4) is 0 Å². The van der Waals surface area contributed by atoms with Crippen molar-refractivity contribution in [3.63, 3.8) is 0 Å². The lowest BCUT2D eigenvalue weighted by molar-refractivity contribution is 0.140. The third-order valence-electron chi connectivity index (χ3n) is 5.08. The van der Waals surface area contributed by atoms with Gasteiger partial charge in [0.2, 0.25) is 0 Å². The van der Waals surface area contributed by atoms with Crippen molar-refractivity contribution < 1.29 is 4.21 Å². The smallest absolute Gasteiger partial charge is 0.191 e. The van der Waals surface area contributed by atoms with Gasteiger partial charge in [-0.05, 0) is 64.1 Å². The zero-order chi connectivity index (χ0) is 19.9. The fourth-order valence-electron chi connectivity index (χ4n) is 3.21. The van der Waals surface area contributed by atoms with Crippen LogP contribution >= 0.6 is 11.3 Å². The molecule has 0 saturated carbocycles. The summed E-state index contributed by atoms with van der Waals surface area (Å²) in [5.74, 6) is 2.24. The van der Waals surface area contributed by atoms with E-state index in [0.29, 0.717) is 18.3 Å². The molecular weight excluding hydrogens is 376 g/mol. The number of hydrogen-bond acceptors (Lipinski definition) is 4. The second-order valence-electron chi connectivity index (χ2n) is 8.29. The van der Waals surface area contributed by atoms with Crippen LogP contribution in [0.2, 0.25) is 0 Å². The SMILES string of the molecule is CN=C(NCCS(=O)C(C)(C)C)NCC(c1cccs1)N1CCC(C)CC1. The van der Waals surface area contributed by atoms with Crippen molar-refractivity contribution in [1.82, 2.24) is 15.5 Å². The lowest BCUT2D eigenvalue weighted by Gasteiger charge is -2.36. The molecule has 1 fully saturated rings. The number of hydrogen-bond donors (Lipinski definition) is 2. The molecule has 5 nitrogen and oxygen atoms in total. The standard InChI is InChI=1S/C20H36N4OS2/c1-16-8-11-24(12-9-16)17(18-7-6-13-26-18)15-23-19(21-5)22-10-14-27(25)20(2,3)4/h6-7,13,16-17H,8-12,14-15H2,1-5H3,(H2,21,22,23). The topological polar surface area (TPSA) is 56.7 Å². The average molecular weight is 413 g/mol. The predicted octanol–water partition coefficient (Wildman–Crippen LogP) is 3.23. The number of nitrogens with zero attached hydrogens (tertiary/aromatic N) is 2. The Hall–Kier alpha value is -0.920. The quantitative estimate of drug-likeness (QED) is 0.533. The highest BCUT2D eigenvalue weighted by atomic mass is 32.2. The monoisotopic (exact) mass is 412 g/mol. The Kier molecular flexibility index (Phi) is 8.76. The van der Waals surface area contributed by atoms with Crippen molar-refractivity contribution >= 4 is 28.1 Å². The summed E-state index contributed by atoms with van der Waals surface area (Å²) in [4.78, 5) is 8.34. The molecule has 2 atom stereocenters. The minimum atomic E-state index is -0.852. The van der Waals surface area contributed by atoms with E-state index in [1.165, 1.54) is 17.7 Å². The van der Waals surface area contributed by atoms with Crippen molar-refractivity contribution in [1.29, 1.82) is 0 Å². The van der Waals surface area contributed by atoms with Crippen LogP contribution in [0.25, 0.3) is 0 Å². The van der Waals surface area contributed by atoms with E-state index in [2.05, 4.69) is 45.0 Å². The van der Waals surface area contributed by atoms with Gasteiger partial charge < -0.3 is 10.6 Å². The van der Waals surface area contributed by atoms with Gasteiger partial charge in [0.25, 0.3) is 0 Å². The Morgan fingerprint density at radius 1 is 1.37 bits per heavy atom. The maximum Gasteiger partial charge on any atom is 0.191 e. The molecule has 0 radical (unpaired) electrons. The molecule has 1 saturated heterocycles. The molecule has 2 N–H and O–H groups in total. The van der Waals surface area contributed by atoms with Gasteiger partial charge in [-0.15, -0.1) is 11.3 Å². The summed E-state index contributed by atoms with van der Waals surface area (Å²) in [6, 6.07) is 4.74. The van der Waals surface area contributed by atoms with E-state index in [4.69, 9.17) is 0 Å². The fourth-order valence-corrected chi connectivity index (χ4v) is 4.97. The summed E-state index contributed by atoms with van der Waals surface area (Å²) in [7, 11) is 0.939. The van der Waals surface area contributed by atoms with E-state index >= 15 is 0 Å². The number of thiophene rings is 1. The molecule has 1 aromatic rings. The van der Waals surface area contributed by atoms with Gasteiger partial charge in [-0.1, -0.05) is 13.0 Å². The fraction of sp³-hybridized carbons (Fsp3) is 0.750. The van der Waals surface area contributed by atoms with E-state index in [9.17, 15) is 4.21 Å². The molecule has 0 aromatic carbocycles. The van der Waals surface area contributed by atoms with Crippen LogP contribution in [0.15, 0.2) is 22.5 Å². The van der Waals surface area contributed by atoms with Crippen LogP contribution in [0.3, 0.4) is 0 Å². The highest BCUT2D eigenvalue weighted by Gasteiger charge is 2.25. The summed E-state index contributed by atoms with van der Waals surface area (Å²) in [5.41, 5.74) is 0. The van der Waals surface area contributed by atoms with E-state index in [-0.39, 0.29) is 4.75 Å². The molecule has 27 heavy (non-hydrogen) atoms. The average Bonchev–Trinajstić information content (AvgIpc) is 3.15. The van der Waals surface area contributed by atoms with Crippen LogP contribution in [0.4, 0.5) is 0 Å². The Labute approximate surface area is 171 Å². The second-order valence-corrected chi connectivity index (χ2v) is 11.6. The van der Waals surface area contributed by atoms with Crippen LogP contribution in [-0.2, 0) is 10.8 Å². The molecule has 1 aromatic heterocycles. The minimum absolute atomic E-state index is 0.172. The molecule has 0 bridgehead atoms. The molecule has 2 rings (SSSR count). The molecule has 0 aliphatic carbocycles. The Morgan fingerprint density at radius 2 is 2.07 bits per heavy atom. The summed E-state index contributed by atoms with van der Waals surface area (Å²) in [5, 5.41) is 8.95. The molecule has 2 heterocycles. The molecule has 0 amide bonds. The molecule has 2 unspecified atom stereocenters. The van der Waals surface area contributed by atoms with Crippen LogP contribution in [0, 0.1) is 5.92 Å². The van der Waals surface area contributed by atoms with E-state index in [0.717, 1.165) is 31.5 Å². The van der Waals surface area contributed by atoms with Gasteiger partial charge in [0.15, 0.2) is 5.96 Å². The van der Waals surface area contributed by atoms with Crippen LogP contribution < -0.4 is 10.6 Å². The first-order chi connectivity index (χ1) is 12.8. The number of nitrogens with one attached hydrogen (secondary N) is 2. The Morgan fingerprint density at radius 3 is 2.63 bits per heavy atom. The third-order valence-corrected chi connectivity index (χ3v) is 7.99. The predicted molar refractivity (Wildman–Crippen MR) is 119 cm³/mol. The molecule has 1 aliphatic heterocycles. The maximum absolute atomic E-state index is 12.2. The number of aliphatic imine (C=N–C) groups is 1. The normalized spacial score (nSPS) is 19.7. The van der Waals surface area contributed by atoms with Crippen LogP contribution in [-0.4, -0.2) is 58.8 Å². The van der Waals surface area contributed by atoms with E-state index < -0.39 is 10.8 Å². The maximum atomic E-state index is 12.2. The highest BCUT2D eigenvalue weighted by Crippen LogP contribution is 2.29. The van der Waals surface area contributed by atoms with Gasteiger partial charge in [0.1, 0.15) is 0 Å². The van der Waals surface area contributed by atoms with Crippen molar-refractivity contribution in [2.24, 2.45) is 10.9 Å². The summed E-state index contributed by atoms with van der Waals surface area (Å²) in [6.45, 7) is 12.2. The number of likely N-dealkylation sites (tertiary alicyclic amines) is 1. The first kappa shape index (κ1) is 22.4. The van der Waals surface area contributed by atoms with Crippen LogP contribution in [0.5, 0.6) is 0 Å². The van der Waals surface area contributed by atoms with Crippen molar-refractivity contribution in [2.45, 2.75) is 51.3 Å². The minimum Gasteiger partial charge on any atom is -0.355 e. The largest absolute Gasteiger partial charge is 0.355 e. The Balaban J connectivity index is 1.88. The first-order valence-corrected chi connectivity index (χ1v) is 12.1. The zero-order valence-electron chi connectivity index (χ0n) is 17.5. The highest BCUT2D eigenvalue weighted by molar-refractivity contribution is 7.86. The lowest BCUT2D eigenvalue weighted by atomic mass is 9.97. The lowest BCUT2D eigenvalue weighted by Crippen LogP contribution is -2.45. The molecule has 1 aliphatic rings. The van der Waals surface area contributed by atoms with Gasteiger partial charge >= 0.3 is 0 Å². The van der Waals surface area contributed by atoms with Crippen molar-refractivity contribution in [2.75, 3.05) is 39.0 Å². The first-order valence-electron chi connectivity index (χ1n) is 9.91. The number of rotatable bonds is 7. The molecule has 0 spiro atoms. The number of guanidine groups is 1. The molecule has 154 valence electrons. The summed E-state index contributed by atoms with van der Waals surface area (Å²) < 4.78 is 12.0. The van der Waals surface area contributed by atoms with E-state index in [1.807, 2.05) is 32.1 Å². The van der Waals surface area contributed by atoms with Crippen LogP contribution in [0.1, 0.15) is 51.5 Å². The van der Waals surface area contributed by atoms with Crippen molar-refractivity contribution in [3.05, 3.63) is 22.4 Å². The van der Waals surface area contributed by atoms with E-state index in [1.54, 1.807) is 7.05 Å².